The van der Waals surface area contributed by atoms with Gasteiger partial charge < -0.3 is 9.88 Å². The zero-order valence-electron chi connectivity index (χ0n) is 14.8. The van der Waals surface area contributed by atoms with Crippen LogP contribution in [0, 0.1) is 12.7 Å². The minimum atomic E-state index is -0.258. The monoisotopic (exact) mass is 351 g/mol. The molecule has 0 spiro atoms. The van der Waals surface area contributed by atoms with E-state index in [-0.39, 0.29) is 17.8 Å². The van der Waals surface area contributed by atoms with E-state index < -0.39 is 0 Å². The van der Waals surface area contributed by atoms with Crippen molar-refractivity contribution in [3.05, 3.63) is 65.2 Å². The number of amides is 1. The Hall–Kier alpha value is -2.69. The lowest BCUT2D eigenvalue weighted by Gasteiger charge is -2.23. The highest BCUT2D eigenvalue weighted by atomic mass is 19.1. The lowest BCUT2D eigenvalue weighted by molar-refractivity contribution is -0.132. The summed E-state index contributed by atoms with van der Waals surface area (Å²) in [6.07, 6.45) is 2.84. The van der Waals surface area contributed by atoms with Crippen molar-refractivity contribution in [1.29, 1.82) is 0 Å². The first-order valence-corrected chi connectivity index (χ1v) is 9.10. The van der Waals surface area contributed by atoms with Gasteiger partial charge in [-0.25, -0.2) is 9.37 Å². The third-order valence-corrected chi connectivity index (χ3v) is 5.06. The molecular formula is C21H22FN3O. The Bertz CT molecular complexity index is 949. The van der Waals surface area contributed by atoms with Gasteiger partial charge in [0.25, 0.3) is 0 Å². The Morgan fingerprint density at radius 1 is 1.31 bits per heavy atom. The van der Waals surface area contributed by atoms with Gasteiger partial charge in [-0.2, -0.15) is 0 Å². The van der Waals surface area contributed by atoms with Gasteiger partial charge in [0.2, 0.25) is 5.91 Å². The first-order chi connectivity index (χ1) is 12.6. The Labute approximate surface area is 152 Å². The number of aromatic nitrogens is 2. The summed E-state index contributed by atoms with van der Waals surface area (Å²) in [5.41, 5.74) is 3.99. The molecule has 1 atom stereocenters. The maximum Gasteiger partial charge on any atom is 0.223 e. The summed E-state index contributed by atoms with van der Waals surface area (Å²) in [7, 11) is 0. The average molecular weight is 351 g/mol. The van der Waals surface area contributed by atoms with Gasteiger partial charge in [-0.05, 0) is 61.6 Å². The Kier molecular flexibility index (Phi) is 4.45. The Morgan fingerprint density at radius 3 is 3.04 bits per heavy atom. The zero-order chi connectivity index (χ0) is 18.1. The van der Waals surface area contributed by atoms with Crippen LogP contribution in [0.25, 0.3) is 11.0 Å². The number of carbonyl (C=O) groups excluding carboxylic acids is 1. The molecule has 5 heteroatoms. The number of H-pyrrole nitrogens is 1. The largest absolute Gasteiger partial charge is 0.340 e. The number of fused-ring (bicyclic) bond motifs is 1. The predicted octanol–water partition coefficient (Wildman–Crippen LogP) is 4.31. The van der Waals surface area contributed by atoms with Crippen LogP contribution in [-0.2, 0) is 11.2 Å². The van der Waals surface area contributed by atoms with Gasteiger partial charge >= 0.3 is 0 Å². The van der Waals surface area contributed by atoms with Gasteiger partial charge in [0.05, 0.1) is 17.1 Å². The van der Waals surface area contributed by atoms with Crippen molar-refractivity contribution in [1.82, 2.24) is 14.9 Å². The number of carbonyl (C=O) groups is 1. The van der Waals surface area contributed by atoms with Crippen LogP contribution in [0.4, 0.5) is 4.39 Å². The van der Waals surface area contributed by atoms with Gasteiger partial charge in [0, 0.05) is 13.0 Å². The third-order valence-electron chi connectivity index (χ3n) is 5.06. The first kappa shape index (κ1) is 16.8. The molecule has 0 aliphatic carbocycles. The minimum Gasteiger partial charge on any atom is -0.340 e. The van der Waals surface area contributed by atoms with Crippen molar-refractivity contribution in [2.75, 3.05) is 6.54 Å². The van der Waals surface area contributed by atoms with E-state index in [0.717, 1.165) is 41.8 Å². The van der Waals surface area contributed by atoms with E-state index in [1.165, 1.54) is 17.7 Å². The van der Waals surface area contributed by atoms with Crippen LogP contribution in [0.5, 0.6) is 0 Å². The number of imidazole rings is 1. The number of hydrogen-bond donors (Lipinski definition) is 1. The predicted molar refractivity (Wildman–Crippen MR) is 99.2 cm³/mol. The highest BCUT2D eigenvalue weighted by Gasteiger charge is 2.31. The van der Waals surface area contributed by atoms with Gasteiger partial charge in [-0.15, -0.1) is 0 Å². The van der Waals surface area contributed by atoms with Crippen LogP contribution in [0.2, 0.25) is 0 Å². The van der Waals surface area contributed by atoms with E-state index in [4.69, 9.17) is 4.98 Å². The van der Waals surface area contributed by atoms with Gasteiger partial charge in [0.1, 0.15) is 11.6 Å². The molecule has 1 N–H and O–H groups in total. The minimum absolute atomic E-state index is 0.00251. The third kappa shape index (κ3) is 3.34. The number of nitrogens with zero attached hydrogens (tertiary/aromatic N) is 2. The second-order valence-corrected chi connectivity index (χ2v) is 7.02. The second-order valence-electron chi connectivity index (χ2n) is 7.02. The molecule has 26 heavy (non-hydrogen) atoms. The summed E-state index contributed by atoms with van der Waals surface area (Å²) in [4.78, 5) is 22.8. The summed E-state index contributed by atoms with van der Waals surface area (Å²) < 4.78 is 13.3. The van der Waals surface area contributed by atoms with Crippen molar-refractivity contribution in [2.45, 2.75) is 38.6 Å². The summed E-state index contributed by atoms with van der Waals surface area (Å²) in [6.45, 7) is 2.81. The number of rotatable bonds is 4. The van der Waals surface area contributed by atoms with E-state index in [1.807, 2.05) is 23.1 Å². The summed E-state index contributed by atoms with van der Waals surface area (Å²) in [6, 6.07) is 12.6. The number of halogens is 1. The SMILES string of the molecule is Cc1ccc2nc(C3CCCN3C(=O)CCc3cccc(F)c3)[nH]c2c1. The van der Waals surface area contributed by atoms with Crippen LogP contribution in [0.3, 0.4) is 0 Å². The molecule has 1 aliphatic rings. The fraction of sp³-hybridized carbons (Fsp3) is 0.333. The number of aromatic amines is 1. The fourth-order valence-electron chi connectivity index (χ4n) is 3.74. The van der Waals surface area contributed by atoms with Crippen molar-refractivity contribution in [2.24, 2.45) is 0 Å². The van der Waals surface area contributed by atoms with Crippen molar-refractivity contribution in [3.8, 4) is 0 Å². The number of aryl methyl sites for hydroxylation is 2. The number of hydrogen-bond acceptors (Lipinski definition) is 2. The van der Waals surface area contributed by atoms with Crippen molar-refractivity contribution in [3.63, 3.8) is 0 Å². The van der Waals surface area contributed by atoms with Crippen LogP contribution in [0.1, 0.15) is 42.3 Å². The highest BCUT2D eigenvalue weighted by Crippen LogP contribution is 2.32. The molecule has 4 nitrogen and oxygen atoms in total. The molecule has 2 heterocycles. The van der Waals surface area contributed by atoms with Crippen molar-refractivity contribution < 1.29 is 9.18 Å². The molecule has 4 rings (SSSR count). The van der Waals surface area contributed by atoms with E-state index in [9.17, 15) is 9.18 Å². The van der Waals surface area contributed by atoms with E-state index in [0.29, 0.717) is 12.8 Å². The molecule has 0 saturated carbocycles. The average Bonchev–Trinajstić information content (AvgIpc) is 3.25. The molecule has 0 bridgehead atoms. The first-order valence-electron chi connectivity index (χ1n) is 9.10. The molecule has 0 radical (unpaired) electrons. The molecule has 1 aliphatic heterocycles. The van der Waals surface area contributed by atoms with Crippen LogP contribution >= 0.6 is 0 Å². The summed E-state index contributed by atoms with van der Waals surface area (Å²) >= 11 is 0. The maximum atomic E-state index is 13.3. The standard InChI is InChI=1S/C21H22FN3O/c1-14-7-9-17-18(12-14)24-21(23-17)19-6-3-11-25(19)20(26)10-8-15-4-2-5-16(22)13-15/h2,4-5,7,9,12-13,19H,3,6,8,10-11H2,1H3,(H,23,24). The lowest BCUT2D eigenvalue weighted by atomic mass is 10.1. The van der Waals surface area contributed by atoms with Crippen LogP contribution < -0.4 is 0 Å². The molecule has 1 fully saturated rings. The topological polar surface area (TPSA) is 49.0 Å². The molecule has 1 saturated heterocycles. The van der Waals surface area contributed by atoms with E-state index >= 15 is 0 Å². The Balaban J connectivity index is 1.49. The molecule has 2 aromatic carbocycles. The van der Waals surface area contributed by atoms with Gasteiger partial charge in [-0.3, -0.25) is 4.79 Å². The maximum absolute atomic E-state index is 13.3. The molecule has 1 amide bonds. The number of benzene rings is 2. The van der Waals surface area contributed by atoms with Crippen molar-refractivity contribution >= 4 is 16.9 Å². The summed E-state index contributed by atoms with van der Waals surface area (Å²) in [5, 5.41) is 0. The lowest BCUT2D eigenvalue weighted by Crippen LogP contribution is -2.31. The second kappa shape index (κ2) is 6.90. The van der Waals surface area contributed by atoms with Gasteiger partial charge in [-0.1, -0.05) is 18.2 Å². The smallest absolute Gasteiger partial charge is 0.223 e. The molecule has 3 aromatic rings. The van der Waals surface area contributed by atoms with E-state index in [1.54, 1.807) is 6.07 Å². The molecule has 1 aromatic heterocycles. The molecule has 1 unspecified atom stereocenters. The van der Waals surface area contributed by atoms with Crippen LogP contribution in [0.15, 0.2) is 42.5 Å². The quantitative estimate of drug-likeness (QED) is 0.761. The normalized spacial score (nSPS) is 17.2. The molecular weight excluding hydrogens is 329 g/mol. The van der Waals surface area contributed by atoms with Crippen LogP contribution in [-0.4, -0.2) is 27.3 Å². The molecule has 134 valence electrons. The van der Waals surface area contributed by atoms with Gasteiger partial charge in [0.15, 0.2) is 0 Å². The number of nitrogens with one attached hydrogen (secondary N) is 1. The van der Waals surface area contributed by atoms with E-state index in [2.05, 4.69) is 18.0 Å². The summed E-state index contributed by atoms with van der Waals surface area (Å²) in [5.74, 6) is 0.710. The fourth-order valence-corrected chi connectivity index (χ4v) is 3.74. The Morgan fingerprint density at radius 2 is 2.19 bits per heavy atom. The highest BCUT2D eigenvalue weighted by molar-refractivity contribution is 5.78. The zero-order valence-corrected chi connectivity index (χ0v) is 14.8. The number of likely N-dealkylation sites (tertiary alicyclic amines) is 1.